The van der Waals surface area contributed by atoms with E-state index in [1.807, 2.05) is 37.3 Å². The van der Waals surface area contributed by atoms with Crippen LogP contribution in [0.3, 0.4) is 0 Å². The molecule has 1 rings (SSSR count). The molecule has 1 amide bonds. The molecule has 0 saturated heterocycles. The molecule has 0 bridgehead atoms. The first-order valence-corrected chi connectivity index (χ1v) is 6.36. The number of carbonyl (C=O) groups excluding carboxylic acids is 1. The van der Waals surface area contributed by atoms with Gasteiger partial charge < -0.3 is 10.4 Å². The van der Waals surface area contributed by atoms with Crippen molar-refractivity contribution in [3.8, 4) is 0 Å². The molecule has 0 aliphatic heterocycles. The summed E-state index contributed by atoms with van der Waals surface area (Å²) in [7, 11) is 0. The van der Waals surface area contributed by atoms with Crippen molar-refractivity contribution in [3.63, 3.8) is 0 Å². The van der Waals surface area contributed by atoms with E-state index in [4.69, 9.17) is 5.11 Å². The summed E-state index contributed by atoms with van der Waals surface area (Å²) in [6.07, 6.45) is 6.05. The third kappa shape index (κ3) is 5.64. The number of unbranched alkanes of at least 4 members (excludes halogenated alkanes) is 2. The fourth-order valence-electron chi connectivity index (χ4n) is 1.62. The standard InChI is InChI=1S/C15H21NO2/c1-13-7-3-4-8-14(13)9-10-15(18)16-11-5-2-6-12-17/h3-4,7-10,17H,2,5-6,11-12H2,1H3,(H,16,18)/b10-9+. The first-order chi connectivity index (χ1) is 8.74. The van der Waals surface area contributed by atoms with Crippen molar-refractivity contribution < 1.29 is 9.90 Å². The highest BCUT2D eigenvalue weighted by molar-refractivity contribution is 5.91. The Hall–Kier alpha value is -1.61. The number of aryl methyl sites for hydroxylation is 1. The van der Waals surface area contributed by atoms with Gasteiger partial charge in [-0.05, 0) is 43.4 Å². The number of hydrogen-bond donors (Lipinski definition) is 2. The molecule has 0 aromatic heterocycles. The van der Waals surface area contributed by atoms with E-state index >= 15 is 0 Å². The van der Waals surface area contributed by atoms with E-state index in [-0.39, 0.29) is 12.5 Å². The summed E-state index contributed by atoms with van der Waals surface area (Å²) in [6.45, 7) is 2.91. The molecule has 0 aliphatic rings. The predicted octanol–water partition coefficient (Wildman–Crippen LogP) is 2.29. The topological polar surface area (TPSA) is 49.3 Å². The molecule has 1 aromatic rings. The van der Waals surface area contributed by atoms with Crippen LogP contribution in [0.5, 0.6) is 0 Å². The lowest BCUT2D eigenvalue weighted by Crippen LogP contribution is -2.22. The first kappa shape index (κ1) is 14.5. The molecule has 1 aromatic carbocycles. The van der Waals surface area contributed by atoms with Crippen LogP contribution in [0.2, 0.25) is 0 Å². The van der Waals surface area contributed by atoms with Gasteiger partial charge >= 0.3 is 0 Å². The number of benzene rings is 1. The molecule has 0 unspecified atom stereocenters. The smallest absolute Gasteiger partial charge is 0.243 e. The zero-order valence-corrected chi connectivity index (χ0v) is 10.9. The largest absolute Gasteiger partial charge is 0.396 e. The van der Waals surface area contributed by atoms with Crippen LogP contribution in [0.25, 0.3) is 6.08 Å². The van der Waals surface area contributed by atoms with E-state index in [2.05, 4.69) is 5.32 Å². The summed E-state index contributed by atoms with van der Waals surface area (Å²) in [6, 6.07) is 7.94. The first-order valence-electron chi connectivity index (χ1n) is 6.36. The van der Waals surface area contributed by atoms with Crippen LogP contribution in [0.15, 0.2) is 30.3 Å². The average Bonchev–Trinajstić information content (AvgIpc) is 2.37. The zero-order valence-electron chi connectivity index (χ0n) is 10.9. The van der Waals surface area contributed by atoms with E-state index in [0.29, 0.717) is 6.54 Å². The molecular weight excluding hydrogens is 226 g/mol. The molecule has 3 heteroatoms. The van der Waals surface area contributed by atoms with E-state index in [9.17, 15) is 4.79 Å². The second-order valence-electron chi connectivity index (χ2n) is 4.27. The van der Waals surface area contributed by atoms with Gasteiger partial charge in [-0.15, -0.1) is 0 Å². The minimum atomic E-state index is -0.0674. The lowest BCUT2D eigenvalue weighted by molar-refractivity contribution is -0.116. The van der Waals surface area contributed by atoms with Crippen LogP contribution < -0.4 is 5.32 Å². The number of rotatable bonds is 7. The van der Waals surface area contributed by atoms with Crippen molar-refractivity contribution in [1.82, 2.24) is 5.32 Å². The molecule has 2 N–H and O–H groups in total. The Morgan fingerprint density at radius 2 is 2.06 bits per heavy atom. The SMILES string of the molecule is Cc1ccccc1/C=C/C(=O)NCCCCCO. The van der Waals surface area contributed by atoms with Gasteiger partial charge in [-0.1, -0.05) is 24.3 Å². The molecular formula is C15H21NO2. The predicted molar refractivity (Wildman–Crippen MR) is 74.2 cm³/mol. The van der Waals surface area contributed by atoms with Gasteiger partial charge in [-0.3, -0.25) is 4.79 Å². The van der Waals surface area contributed by atoms with Crippen LogP contribution >= 0.6 is 0 Å². The van der Waals surface area contributed by atoms with E-state index in [1.165, 1.54) is 0 Å². The maximum Gasteiger partial charge on any atom is 0.243 e. The minimum Gasteiger partial charge on any atom is -0.396 e. The fraction of sp³-hybridized carbons (Fsp3) is 0.400. The number of aliphatic hydroxyl groups is 1. The molecule has 0 radical (unpaired) electrons. The van der Waals surface area contributed by atoms with Gasteiger partial charge in [0.05, 0.1) is 0 Å². The van der Waals surface area contributed by atoms with Gasteiger partial charge in [0.25, 0.3) is 0 Å². The van der Waals surface area contributed by atoms with E-state index in [1.54, 1.807) is 6.08 Å². The van der Waals surface area contributed by atoms with Gasteiger partial charge in [-0.25, -0.2) is 0 Å². The number of carbonyl (C=O) groups is 1. The summed E-state index contributed by atoms with van der Waals surface area (Å²) < 4.78 is 0. The number of amides is 1. The lowest BCUT2D eigenvalue weighted by Gasteiger charge is -2.02. The third-order valence-corrected chi connectivity index (χ3v) is 2.74. The second-order valence-corrected chi connectivity index (χ2v) is 4.27. The average molecular weight is 247 g/mol. The van der Waals surface area contributed by atoms with Crippen LogP contribution in [0.4, 0.5) is 0 Å². The Morgan fingerprint density at radius 3 is 2.78 bits per heavy atom. The summed E-state index contributed by atoms with van der Waals surface area (Å²) in [5.74, 6) is -0.0674. The second kappa shape index (κ2) is 8.48. The van der Waals surface area contributed by atoms with Crippen LogP contribution in [0.1, 0.15) is 30.4 Å². The minimum absolute atomic E-state index is 0.0674. The highest BCUT2D eigenvalue weighted by Crippen LogP contribution is 2.08. The summed E-state index contributed by atoms with van der Waals surface area (Å²) in [5.41, 5.74) is 2.22. The molecule has 0 saturated carbocycles. The van der Waals surface area contributed by atoms with Gasteiger partial charge in [0.1, 0.15) is 0 Å². The molecule has 0 heterocycles. The summed E-state index contributed by atoms with van der Waals surface area (Å²) in [5, 5.41) is 11.4. The lowest BCUT2D eigenvalue weighted by atomic mass is 10.1. The number of nitrogens with one attached hydrogen (secondary N) is 1. The maximum absolute atomic E-state index is 11.5. The van der Waals surface area contributed by atoms with Crippen LogP contribution in [-0.2, 0) is 4.79 Å². The Balaban J connectivity index is 2.30. The van der Waals surface area contributed by atoms with Crippen molar-refractivity contribution in [2.75, 3.05) is 13.2 Å². The highest BCUT2D eigenvalue weighted by atomic mass is 16.2. The van der Waals surface area contributed by atoms with Gasteiger partial charge in [0, 0.05) is 19.2 Å². The zero-order chi connectivity index (χ0) is 13.2. The van der Waals surface area contributed by atoms with Crippen LogP contribution in [-0.4, -0.2) is 24.2 Å². The summed E-state index contributed by atoms with van der Waals surface area (Å²) in [4.78, 5) is 11.5. The summed E-state index contributed by atoms with van der Waals surface area (Å²) >= 11 is 0. The Bertz CT molecular complexity index is 399. The molecule has 3 nitrogen and oxygen atoms in total. The van der Waals surface area contributed by atoms with E-state index < -0.39 is 0 Å². The maximum atomic E-state index is 11.5. The number of aliphatic hydroxyl groups excluding tert-OH is 1. The van der Waals surface area contributed by atoms with E-state index in [0.717, 1.165) is 30.4 Å². The van der Waals surface area contributed by atoms with Crippen molar-refractivity contribution in [3.05, 3.63) is 41.5 Å². The Labute approximate surface area is 109 Å². The number of hydrogen-bond acceptors (Lipinski definition) is 2. The van der Waals surface area contributed by atoms with Crippen molar-refractivity contribution in [1.29, 1.82) is 0 Å². The molecule has 18 heavy (non-hydrogen) atoms. The van der Waals surface area contributed by atoms with Gasteiger partial charge in [-0.2, -0.15) is 0 Å². The van der Waals surface area contributed by atoms with Gasteiger partial charge in [0.2, 0.25) is 5.91 Å². The van der Waals surface area contributed by atoms with Crippen molar-refractivity contribution in [2.45, 2.75) is 26.2 Å². The highest BCUT2D eigenvalue weighted by Gasteiger charge is 1.96. The molecule has 0 spiro atoms. The quantitative estimate of drug-likeness (QED) is 0.573. The van der Waals surface area contributed by atoms with Crippen molar-refractivity contribution >= 4 is 12.0 Å². The molecule has 0 fully saturated rings. The molecule has 0 atom stereocenters. The van der Waals surface area contributed by atoms with Crippen molar-refractivity contribution in [2.24, 2.45) is 0 Å². The third-order valence-electron chi connectivity index (χ3n) is 2.74. The monoisotopic (exact) mass is 247 g/mol. The Kier molecular flexibility index (Phi) is 6.81. The Morgan fingerprint density at radius 1 is 1.28 bits per heavy atom. The normalized spacial score (nSPS) is 10.8. The fourth-order valence-corrected chi connectivity index (χ4v) is 1.62. The molecule has 0 aliphatic carbocycles. The molecule has 98 valence electrons. The van der Waals surface area contributed by atoms with Gasteiger partial charge in [0.15, 0.2) is 0 Å². The van der Waals surface area contributed by atoms with Crippen LogP contribution in [0, 0.1) is 6.92 Å².